The molecule has 1 aromatic heterocycles. The minimum absolute atomic E-state index is 0.348. The van der Waals surface area contributed by atoms with E-state index in [1.807, 2.05) is 36.4 Å². The van der Waals surface area contributed by atoms with Crippen LogP contribution in [0.2, 0.25) is 0 Å². The van der Waals surface area contributed by atoms with Crippen LogP contribution in [0.15, 0.2) is 36.4 Å². The van der Waals surface area contributed by atoms with E-state index in [0.29, 0.717) is 16.7 Å². The zero-order valence-corrected chi connectivity index (χ0v) is 16.8. The van der Waals surface area contributed by atoms with Gasteiger partial charge in [-0.3, -0.25) is 0 Å². The number of carbonyl (C=O) groups excluding carboxylic acids is 1. The van der Waals surface area contributed by atoms with Crippen LogP contribution in [-0.2, 0) is 4.74 Å². The molecule has 0 spiro atoms. The molecule has 1 atom stereocenters. The molecule has 1 unspecified atom stereocenters. The highest BCUT2D eigenvalue weighted by Crippen LogP contribution is 2.36. The molecule has 0 bridgehead atoms. The molecular weight excluding hydrogens is 364 g/mol. The Kier molecular flexibility index (Phi) is 6.27. The van der Waals surface area contributed by atoms with Crippen LogP contribution in [0.5, 0.6) is 0 Å². The summed E-state index contributed by atoms with van der Waals surface area (Å²) in [6, 6.07) is 12.4. The molecule has 1 aliphatic rings. The van der Waals surface area contributed by atoms with Crippen LogP contribution in [-0.4, -0.2) is 35.7 Å². The number of thiophene rings is 1. The van der Waals surface area contributed by atoms with Crippen molar-refractivity contribution >= 4 is 39.6 Å². The molecule has 3 rings (SSSR count). The quantitative estimate of drug-likeness (QED) is 0.578. The summed E-state index contributed by atoms with van der Waals surface area (Å²) in [6.07, 6.45) is 4.65. The number of benzene rings is 1. The predicted molar refractivity (Wildman–Crippen MR) is 112 cm³/mol. The number of piperidine rings is 1. The lowest BCUT2D eigenvalue weighted by Crippen LogP contribution is -2.45. The van der Waals surface area contributed by atoms with Gasteiger partial charge in [-0.2, -0.15) is 0 Å². The molecule has 1 fully saturated rings. The Hall–Kier alpha value is -1.92. The summed E-state index contributed by atoms with van der Waals surface area (Å²) in [5.74, 6) is -0.348. The van der Waals surface area contributed by atoms with E-state index in [2.05, 4.69) is 17.1 Å². The van der Waals surface area contributed by atoms with Crippen molar-refractivity contribution in [2.75, 3.05) is 19.0 Å². The van der Waals surface area contributed by atoms with Crippen LogP contribution in [0.25, 0.3) is 10.4 Å². The molecule has 2 heterocycles. The third-order valence-corrected chi connectivity index (χ3v) is 6.21. The average Bonchev–Trinajstić information content (AvgIpc) is 3.11. The van der Waals surface area contributed by atoms with Crippen LogP contribution in [0.4, 0.5) is 5.00 Å². The topological polar surface area (TPSA) is 41.6 Å². The number of hydrogen-bond donors (Lipinski definition) is 1. The van der Waals surface area contributed by atoms with Crippen LogP contribution < -0.4 is 5.32 Å². The highest BCUT2D eigenvalue weighted by atomic mass is 32.1. The SMILES string of the molecule is CCC1CCCCN1C(=S)Nc1sc(-c2ccccc2)cc1C(=O)OC. The van der Waals surface area contributed by atoms with Crippen molar-refractivity contribution in [3.63, 3.8) is 0 Å². The first kappa shape index (κ1) is 18.9. The van der Waals surface area contributed by atoms with E-state index in [1.54, 1.807) is 0 Å². The molecule has 26 heavy (non-hydrogen) atoms. The van der Waals surface area contributed by atoms with Gasteiger partial charge in [0.05, 0.1) is 12.7 Å². The molecule has 2 aromatic rings. The highest BCUT2D eigenvalue weighted by Gasteiger charge is 2.25. The number of esters is 1. The predicted octanol–water partition coefficient (Wildman–Crippen LogP) is 5.16. The molecular formula is C20H24N2O2S2. The normalized spacial score (nSPS) is 17.0. The number of hydrogen-bond acceptors (Lipinski definition) is 4. The van der Waals surface area contributed by atoms with Gasteiger partial charge in [-0.1, -0.05) is 37.3 Å². The first-order valence-electron chi connectivity index (χ1n) is 8.99. The first-order valence-corrected chi connectivity index (χ1v) is 10.2. The summed E-state index contributed by atoms with van der Waals surface area (Å²) in [4.78, 5) is 15.5. The van der Waals surface area contributed by atoms with E-state index in [4.69, 9.17) is 17.0 Å². The summed E-state index contributed by atoms with van der Waals surface area (Å²) in [5.41, 5.74) is 1.61. The number of likely N-dealkylation sites (tertiary alicyclic amines) is 1. The van der Waals surface area contributed by atoms with E-state index in [0.717, 1.165) is 34.8 Å². The van der Waals surface area contributed by atoms with Gasteiger partial charge in [-0.25, -0.2) is 4.79 Å². The van der Waals surface area contributed by atoms with Crippen LogP contribution in [0.1, 0.15) is 43.0 Å². The maximum Gasteiger partial charge on any atom is 0.340 e. The fraction of sp³-hybridized carbons (Fsp3) is 0.400. The molecule has 138 valence electrons. The van der Waals surface area contributed by atoms with E-state index in [-0.39, 0.29) is 5.97 Å². The minimum Gasteiger partial charge on any atom is -0.465 e. The minimum atomic E-state index is -0.348. The standard InChI is InChI=1S/C20H24N2O2S2/c1-3-15-11-7-8-12-22(15)20(25)21-18-16(19(23)24-2)13-17(26-18)14-9-5-4-6-10-14/h4-6,9-10,13,15H,3,7-8,11-12H2,1-2H3,(H,21,25). The van der Waals surface area contributed by atoms with Gasteiger partial charge in [-0.05, 0) is 49.5 Å². The Morgan fingerprint density at radius 3 is 2.81 bits per heavy atom. The zero-order valence-electron chi connectivity index (χ0n) is 15.2. The second kappa shape index (κ2) is 8.64. The Morgan fingerprint density at radius 1 is 1.35 bits per heavy atom. The Balaban J connectivity index is 1.87. The third-order valence-electron chi connectivity index (χ3n) is 4.78. The third kappa shape index (κ3) is 4.07. The number of carbonyl (C=O) groups is 1. The lowest BCUT2D eigenvalue weighted by Gasteiger charge is -2.37. The summed E-state index contributed by atoms with van der Waals surface area (Å²) < 4.78 is 4.97. The Bertz CT molecular complexity index is 773. The summed E-state index contributed by atoms with van der Waals surface area (Å²) in [6.45, 7) is 3.17. The Labute approximate surface area is 164 Å². The van der Waals surface area contributed by atoms with Gasteiger partial charge >= 0.3 is 5.97 Å². The molecule has 4 nitrogen and oxygen atoms in total. The lowest BCUT2D eigenvalue weighted by molar-refractivity contribution is 0.0602. The lowest BCUT2D eigenvalue weighted by atomic mass is 10.0. The number of methoxy groups -OCH3 is 1. The van der Waals surface area contributed by atoms with Gasteiger partial charge in [0.25, 0.3) is 0 Å². The van der Waals surface area contributed by atoms with Crippen molar-refractivity contribution in [1.82, 2.24) is 4.90 Å². The Morgan fingerprint density at radius 2 is 2.12 bits per heavy atom. The van der Waals surface area contributed by atoms with Crippen LogP contribution in [0.3, 0.4) is 0 Å². The average molecular weight is 389 g/mol. The van der Waals surface area contributed by atoms with Crippen molar-refractivity contribution in [1.29, 1.82) is 0 Å². The zero-order chi connectivity index (χ0) is 18.5. The number of rotatable bonds is 4. The molecule has 1 N–H and O–H groups in total. The first-order chi connectivity index (χ1) is 12.6. The van der Waals surface area contributed by atoms with E-state index in [9.17, 15) is 4.79 Å². The second-order valence-electron chi connectivity index (χ2n) is 6.39. The fourth-order valence-corrected chi connectivity index (χ4v) is 4.81. The molecule has 1 aromatic carbocycles. The van der Waals surface area contributed by atoms with Crippen LogP contribution >= 0.6 is 23.6 Å². The second-order valence-corrected chi connectivity index (χ2v) is 7.83. The van der Waals surface area contributed by atoms with E-state index < -0.39 is 0 Å². The van der Waals surface area contributed by atoms with Gasteiger partial charge in [0.2, 0.25) is 0 Å². The molecule has 0 radical (unpaired) electrons. The van der Waals surface area contributed by atoms with Gasteiger partial charge in [-0.15, -0.1) is 11.3 Å². The van der Waals surface area contributed by atoms with Gasteiger partial charge < -0.3 is 15.0 Å². The van der Waals surface area contributed by atoms with E-state index in [1.165, 1.54) is 31.3 Å². The smallest absolute Gasteiger partial charge is 0.340 e. The molecule has 1 saturated heterocycles. The summed E-state index contributed by atoms with van der Waals surface area (Å²) in [5, 5.41) is 4.77. The monoisotopic (exact) mass is 388 g/mol. The summed E-state index contributed by atoms with van der Waals surface area (Å²) in [7, 11) is 1.40. The van der Waals surface area contributed by atoms with Crippen LogP contribution in [0, 0.1) is 0 Å². The van der Waals surface area contributed by atoms with E-state index >= 15 is 0 Å². The number of thiocarbonyl (C=S) groups is 1. The molecule has 0 saturated carbocycles. The molecule has 0 amide bonds. The molecule has 0 aliphatic carbocycles. The maximum atomic E-state index is 12.2. The highest BCUT2D eigenvalue weighted by molar-refractivity contribution is 7.80. The number of anilines is 1. The van der Waals surface area contributed by atoms with Crippen molar-refractivity contribution in [3.05, 3.63) is 42.0 Å². The van der Waals surface area contributed by atoms with Crippen molar-refractivity contribution in [2.45, 2.75) is 38.6 Å². The fourth-order valence-electron chi connectivity index (χ4n) is 3.35. The van der Waals surface area contributed by atoms with Crippen molar-refractivity contribution < 1.29 is 9.53 Å². The van der Waals surface area contributed by atoms with Gasteiger partial charge in [0.1, 0.15) is 5.00 Å². The molecule has 6 heteroatoms. The maximum absolute atomic E-state index is 12.2. The van der Waals surface area contributed by atoms with Gasteiger partial charge in [0, 0.05) is 17.5 Å². The number of ether oxygens (including phenoxy) is 1. The van der Waals surface area contributed by atoms with Crippen molar-refractivity contribution in [3.8, 4) is 10.4 Å². The van der Waals surface area contributed by atoms with Crippen molar-refractivity contribution in [2.24, 2.45) is 0 Å². The van der Waals surface area contributed by atoms with Gasteiger partial charge in [0.15, 0.2) is 5.11 Å². The largest absolute Gasteiger partial charge is 0.465 e. The number of nitrogens with zero attached hydrogens (tertiary/aromatic N) is 1. The molecule has 1 aliphatic heterocycles. The number of nitrogens with one attached hydrogen (secondary N) is 1. The summed E-state index contributed by atoms with van der Waals surface area (Å²) >= 11 is 7.21.